The predicted molar refractivity (Wildman–Crippen MR) is 130 cm³/mol. The zero-order valence-electron chi connectivity index (χ0n) is 19.5. The molecule has 0 aromatic heterocycles. The second-order valence-corrected chi connectivity index (χ2v) is 11.4. The molecular weight excluding hydrogens is 438 g/mol. The van der Waals surface area contributed by atoms with Gasteiger partial charge in [-0.25, -0.2) is 8.42 Å². The maximum absolute atomic E-state index is 13.0. The number of nitrogens with zero attached hydrogens (tertiary/aromatic N) is 2. The fraction of sp³-hybridized carbons (Fsp3) is 0.640. The van der Waals surface area contributed by atoms with Gasteiger partial charge < -0.3 is 10.1 Å². The number of benzene rings is 1. The lowest BCUT2D eigenvalue weighted by Crippen LogP contribution is -2.60. The Kier molecular flexibility index (Phi) is 8.22. The largest absolute Gasteiger partial charge is 0.379 e. The number of piperidine rings is 1. The van der Waals surface area contributed by atoms with Crippen LogP contribution in [0.5, 0.6) is 0 Å². The van der Waals surface area contributed by atoms with Crippen LogP contribution in [-0.2, 0) is 19.6 Å². The zero-order chi connectivity index (χ0) is 23.2. The van der Waals surface area contributed by atoms with E-state index in [0.717, 1.165) is 44.7 Å². The van der Waals surface area contributed by atoms with Crippen molar-refractivity contribution in [1.29, 1.82) is 0 Å². The Morgan fingerprint density at radius 2 is 1.70 bits per heavy atom. The van der Waals surface area contributed by atoms with E-state index in [9.17, 15) is 13.2 Å². The molecular formula is C25H37N3O4S. The summed E-state index contributed by atoms with van der Waals surface area (Å²) in [5.41, 5.74) is 0.900. The van der Waals surface area contributed by atoms with Gasteiger partial charge >= 0.3 is 0 Å². The number of ether oxygens (including phenoxy) is 1. The molecule has 1 amide bonds. The highest BCUT2D eigenvalue weighted by Crippen LogP contribution is 2.34. The first kappa shape index (κ1) is 24.4. The number of sulfonamides is 1. The number of carbonyl (C=O) groups excluding carboxylic acids is 1. The van der Waals surface area contributed by atoms with Crippen molar-refractivity contribution in [3.63, 3.8) is 0 Å². The maximum Gasteiger partial charge on any atom is 0.236 e. The number of amides is 1. The molecule has 0 atom stereocenters. The highest BCUT2D eigenvalue weighted by atomic mass is 32.2. The van der Waals surface area contributed by atoms with Crippen LogP contribution in [0.25, 0.3) is 6.08 Å². The van der Waals surface area contributed by atoms with Gasteiger partial charge in [0.2, 0.25) is 15.9 Å². The first-order valence-electron chi connectivity index (χ1n) is 12.3. The summed E-state index contributed by atoms with van der Waals surface area (Å²) in [6, 6.07) is 9.41. The van der Waals surface area contributed by atoms with Gasteiger partial charge in [0.1, 0.15) is 0 Å². The third-order valence-corrected chi connectivity index (χ3v) is 9.04. The van der Waals surface area contributed by atoms with Crippen molar-refractivity contribution in [3.8, 4) is 0 Å². The average molecular weight is 476 g/mol. The molecule has 3 aliphatic rings. The standard InChI is InChI=1S/C25H37N3O4S/c29-24(26-21-25(12-5-2-6-13-25)27-16-18-32-19-17-27)23-9-14-28(15-10-23)33(30,31)20-11-22-7-3-1-4-8-22/h1,3-4,7-8,11,20,23H,2,5-6,9-10,12-19,21H2,(H,26,29)/b20-11+. The molecule has 1 aromatic carbocycles. The number of hydrogen-bond donors (Lipinski definition) is 1. The van der Waals surface area contributed by atoms with Gasteiger partial charge in [0.15, 0.2) is 0 Å². The summed E-state index contributed by atoms with van der Waals surface area (Å²) in [5, 5.41) is 4.53. The molecule has 33 heavy (non-hydrogen) atoms. The number of rotatable bonds is 7. The van der Waals surface area contributed by atoms with Gasteiger partial charge in [-0.05, 0) is 37.3 Å². The normalized spacial score (nSPS) is 23.5. The Balaban J connectivity index is 1.29. The van der Waals surface area contributed by atoms with E-state index < -0.39 is 10.0 Å². The highest BCUT2D eigenvalue weighted by Gasteiger charge is 2.39. The van der Waals surface area contributed by atoms with Crippen LogP contribution in [0.15, 0.2) is 35.7 Å². The number of hydrogen-bond acceptors (Lipinski definition) is 5. The molecule has 182 valence electrons. The van der Waals surface area contributed by atoms with Crippen molar-refractivity contribution >= 4 is 22.0 Å². The molecule has 2 aliphatic heterocycles. The van der Waals surface area contributed by atoms with Crippen LogP contribution in [-0.4, -0.2) is 75.0 Å². The van der Waals surface area contributed by atoms with E-state index in [2.05, 4.69) is 10.2 Å². The lowest BCUT2D eigenvalue weighted by atomic mass is 9.79. The van der Waals surface area contributed by atoms with E-state index in [1.165, 1.54) is 29.0 Å². The van der Waals surface area contributed by atoms with Crippen molar-refractivity contribution in [3.05, 3.63) is 41.3 Å². The molecule has 0 bridgehead atoms. The van der Waals surface area contributed by atoms with Gasteiger partial charge in [0, 0.05) is 49.6 Å². The van der Waals surface area contributed by atoms with Crippen LogP contribution >= 0.6 is 0 Å². The zero-order valence-corrected chi connectivity index (χ0v) is 20.3. The van der Waals surface area contributed by atoms with E-state index in [4.69, 9.17) is 4.74 Å². The third-order valence-electron chi connectivity index (χ3n) is 7.47. The van der Waals surface area contributed by atoms with E-state index in [1.807, 2.05) is 30.3 Å². The van der Waals surface area contributed by atoms with Crippen LogP contribution in [0.4, 0.5) is 0 Å². The van der Waals surface area contributed by atoms with Crippen molar-refractivity contribution < 1.29 is 17.9 Å². The quantitative estimate of drug-likeness (QED) is 0.656. The van der Waals surface area contributed by atoms with Gasteiger partial charge in [-0.15, -0.1) is 0 Å². The van der Waals surface area contributed by atoms with Crippen LogP contribution in [0.3, 0.4) is 0 Å². The molecule has 1 N–H and O–H groups in total. The molecule has 1 aliphatic carbocycles. The van der Waals surface area contributed by atoms with Crippen LogP contribution in [0.2, 0.25) is 0 Å². The minimum Gasteiger partial charge on any atom is -0.379 e. The molecule has 2 heterocycles. The van der Waals surface area contributed by atoms with Gasteiger partial charge in [0.05, 0.1) is 13.2 Å². The molecule has 3 fully saturated rings. The third kappa shape index (κ3) is 6.23. The molecule has 1 aromatic rings. The fourth-order valence-electron chi connectivity index (χ4n) is 5.44. The van der Waals surface area contributed by atoms with E-state index in [-0.39, 0.29) is 17.4 Å². The maximum atomic E-state index is 13.0. The summed E-state index contributed by atoms with van der Waals surface area (Å²) >= 11 is 0. The Morgan fingerprint density at radius 1 is 1.03 bits per heavy atom. The molecule has 1 saturated carbocycles. The molecule has 7 nitrogen and oxygen atoms in total. The van der Waals surface area contributed by atoms with E-state index in [0.29, 0.717) is 32.5 Å². The Bertz CT molecular complexity index is 899. The lowest BCUT2D eigenvalue weighted by Gasteiger charge is -2.48. The molecule has 0 radical (unpaired) electrons. The summed E-state index contributed by atoms with van der Waals surface area (Å²) in [6.45, 7) is 4.85. The molecule has 2 saturated heterocycles. The van der Waals surface area contributed by atoms with Crippen molar-refractivity contribution in [1.82, 2.24) is 14.5 Å². The molecule has 0 unspecified atom stereocenters. The minimum atomic E-state index is -3.48. The monoisotopic (exact) mass is 475 g/mol. The van der Waals surface area contributed by atoms with E-state index >= 15 is 0 Å². The summed E-state index contributed by atoms with van der Waals surface area (Å²) in [5.74, 6) is -0.0510. The topological polar surface area (TPSA) is 79.0 Å². The smallest absolute Gasteiger partial charge is 0.236 e. The minimum absolute atomic E-state index is 0.0456. The summed E-state index contributed by atoms with van der Waals surface area (Å²) in [4.78, 5) is 15.5. The second-order valence-electron chi connectivity index (χ2n) is 9.53. The number of morpholine rings is 1. The van der Waals surface area contributed by atoms with Crippen molar-refractivity contribution in [2.24, 2.45) is 5.92 Å². The Hall–Kier alpha value is -1.74. The molecule has 8 heteroatoms. The van der Waals surface area contributed by atoms with Gasteiger partial charge in [-0.2, -0.15) is 4.31 Å². The van der Waals surface area contributed by atoms with Crippen LogP contribution in [0, 0.1) is 5.92 Å². The van der Waals surface area contributed by atoms with Crippen LogP contribution in [0.1, 0.15) is 50.5 Å². The summed E-state index contributed by atoms with van der Waals surface area (Å²) in [6.07, 6.45) is 8.69. The summed E-state index contributed by atoms with van der Waals surface area (Å²) < 4.78 is 32.5. The van der Waals surface area contributed by atoms with Crippen LogP contribution < -0.4 is 5.32 Å². The molecule has 0 spiro atoms. The second kappa shape index (κ2) is 11.1. The Morgan fingerprint density at radius 3 is 2.36 bits per heavy atom. The number of carbonyl (C=O) groups is 1. The summed E-state index contributed by atoms with van der Waals surface area (Å²) in [7, 11) is -3.48. The predicted octanol–water partition coefficient (Wildman–Crippen LogP) is 2.85. The fourth-order valence-corrected chi connectivity index (χ4v) is 6.66. The molecule has 4 rings (SSSR count). The van der Waals surface area contributed by atoms with Gasteiger partial charge in [-0.1, -0.05) is 49.6 Å². The first-order chi connectivity index (χ1) is 16.0. The van der Waals surface area contributed by atoms with Gasteiger partial charge in [0.25, 0.3) is 0 Å². The highest BCUT2D eigenvalue weighted by molar-refractivity contribution is 7.92. The lowest BCUT2D eigenvalue weighted by molar-refractivity contribution is -0.127. The SMILES string of the molecule is O=C(NCC1(N2CCOCC2)CCCCC1)C1CCN(S(=O)(=O)/C=C/c2ccccc2)CC1. The Labute approximate surface area is 198 Å². The first-order valence-corrected chi connectivity index (χ1v) is 13.8. The van der Waals surface area contributed by atoms with E-state index in [1.54, 1.807) is 6.08 Å². The number of nitrogens with one attached hydrogen (secondary N) is 1. The van der Waals surface area contributed by atoms with Crippen molar-refractivity contribution in [2.75, 3.05) is 45.9 Å². The average Bonchev–Trinajstić information content (AvgIpc) is 2.88. The van der Waals surface area contributed by atoms with Gasteiger partial charge in [-0.3, -0.25) is 9.69 Å². The van der Waals surface area contributed by atoms with Crippen molar-refractivity contribution in [2.45, 2.75) is 50.5 Å².